The summed E-state index contributed by atoms with van der Waals surface area (Å²) in [5.41, 5.74) is 32.4. The van der Waals surface area contributed by atoms with Gasteiger partial charge >= 0.3 is 0 Å². The Balaban J connectivity index is 0.000000148. The van der Waals surface area contributed by atoms with Gasteiger partial charge in [-0.25, -0.2) is 18.3 Å². The van der Waals surface area contributed by atoms with Gasteiger partial charge in [-0.3, -0.25) is 0 Å². The molecule has 4 aliphatic rings. The van der Waals surface area contributed by atoms with Crippen molar-refractivity contribution in [2.75, 3.05) is 0 Å². The van der Waals surface area contributed by atoms with Gasteiger partial charge in [0.05, 0.1) is 0 Å². The first-order valence-electron chi connectivity index (χ1n) is 35.8. The van der Waals surface area contributed by atoms with Gasteiger partial charge in [0.2, 0.25) is 22.8 Å². The summed E-state index contributed by atoms with van der Waals surface area (Å²) in [5, 5.41) is 0. The molecular formula is C87H118N4+4. The van der Waals surface area contributed by atoms with Crippen LogP contribution in [0, 0.1) is 48.4 Å². The van der Waals surface area contributed by atoms with Gasteiger partial charge in [-0.1, -0.05) is 158 Å². The molecule has 482 valence electrons. The van der Waals surface area contributed by atoms with Crippen molar-refractivity contribution in [1.29, 1.82) is 0 Å². The zero-order valence-corrected chi connectivity index (χ0v) is 61.6. The molecule has 4 heteroatoms. The lowest BCUT2D eigenvalue weighted by Crippen LogP contribution is -2.40. The number of hydrogen-bond acceptors (Lipinski definition) is 0. The second-order valence-corrected chi connectivity index (χ2v) is 33.9. The number of hydrogen-bond donors (Lipinski definition) is 0. The number of aryl methyl sites for hydroxylation is 11. The van der Waals surface area contributed by atoms with Gasteiger partial charge < -0.3 is 0 Å². The van der Waals surface area contributed by atoms with Gasteiger partial charge in [0.1, 0.15) is 28.2 Å². The second-order valence-electron chi connectivity index (χ2n) is 33.9. The minimum absolute atomic E-state index is 0.153. The molecule has 0 spiro atoms. The van der Waals surface area contributed by atoms with E-state index in [1.807, 2.05) is 13.0 Å². The molecular weight excluding hydrogens is 1100 g/mol. The Bertz CT molecular complexity index is 4060. The highest BCUT2D eigenvalue weighted by molar-refractivity contribution is 5.68. The Kier molecular flexibility index (Phi) is 17.6. The van der Waals surface area contributed by atoms with Gasteiger partial charge in [0.25, 0.3) is 0 Å². The number of pyridine rings is 4. The molecule has 0 saturated heterocycles. The van der Waals surface area contributed by atoms with E-state index in [4.69, 9.17) is 4.11 Å². The van der Waals surface area contributed by atoms with Crippen LogP contribution >= 0.6 is 0 Å². The van der Waals surface area contributed by atoms with Crippen LogP contribution < -0.4 is 18.3 Å². The van der Waals surface area contributed by atoms with E-state index in [0.29, 0.717) is 5.56 Å². The van der Waals surface area contributed by atoms with Gasteiger partial charge in [-0.05, 0) is 235 Å². The van der Waals surface area contributed by atoms with Crippen molar-refractivity contribution in [2.45, 2.75) is 254 Å². The third-order valence-electron chi connectivity index (χ3n) is 22.7. The molecule has 0 unspecified atom stereocenters. The van der Waals surface area contributed by atoms with Crippen LogP contribution in [0.4, 0.5) is 0 Å². The zero-order valence-electron chi connectivity index (χ0n) is 64.6. The fourth-order valence-corrected chi connectivity index (χ4v) is 15.7. The average molecular weight is 1220 g/mol. The van der Waals surface area contributed by atoms with Crippen molar-refractivity contribution in [3.8, 4) is 45.0 Å². The minimum atomic E-state index is -2.06. The molecule has 91 heavy (non-hydrogen) atoms. The van der Waals surface area contributed by atoms with E-state index in [2.05, 4.69) is 302 Å². The first-order valence-corrected chi connectivity index (χ1v) is 34.3. The van der Waals surface area contributed by atoms with Crippen LogP contribution in [-0.4, -0.2) is 0 Å². The van der Waals surface area contributed by atoms with Crippen molar-refractivity contribution in [2.24, 2.45) is 28.2 Å². The topological polar surface area (TPSA) is 15.5 Å². The molecule has 0 amide bonds. The zero-order chi connectivity index (χ0) is 69.6. The first kappa shape index (κ1) is 64.6. The lowest BCUT2D eigenvalue weighted by atomic mass is 9.62. The SMILES string of the molecule is Cc1cc2c(cc1-c1cccc[n+]1C)C(C)(C)CCC2(C)C.Cc1ccc(-c2cc3c(c[n+]2C)C(C)(C)CCC3(C)C)c(C)c1.Cc1ccc(-c2cc3c(cc2C)C(C)(C)CCC3(C)C)[n+](C)c1.[2H]C([2H])([2H])c1ccc(-c2cc3c(c[n+]2C)C(C)(C)CCC3(C)C)c(C)c1. The number of aromatic nitrogens is 4. The van der Waals surface area contributed by atoms with E-state index in [1.54, 1.807) is 23.3 Å². The molecule has 4 aromatic heterocycles. The largest absolute Gasteiger partial charge is 0.212 e. The third kappa shape index (κ3) is 13.9. The van der Waals surface area contributed by atoms with E-state index in [-0.39, 0.29) is 43.3 Å². The number of fused-ring (bicyclic) bond motifs is 4. The van der Waals surface area contributed by atoms with Crippen LogP contribution in [0.15, 0.2) is 128 Å². The summed E-state index contributed by atoms with van der Waals surface area (Å²) in [7, 11) is 8.55. The molecule has 8 aromatic rings. The lowest BCUT2D eigenvalue weighted by Gasteiger charge is -2.42. The highest BCUT2D eigenvalue weighted by Crippen LogP contribution is 2.51. The molecule has 0 N–H and O–H groups in total. The smallest absolute Gasteiger partial charge is 0.201 e. The maximum Gasteiger partial charge on any atom is 0.212 e. The molecule has 0 radical (unpaired) electrons. The molecule has 0 saturated carbocycles. The summed E-state index contributed by atoms with van der Waals surface area (Å²) in [6.45, 7) is 49.0. The molecule has 4 aliphatic carbocycles. The van der Waals surface area contributed by atoms with E-state index in [1.165, 1.54) is 146 Å². The van der Waals surface area contributed by atoms with E-state index in [0.717, 1.165) is 16.8 Å². The third-order valence-corrected chi connectivity index (χ3v) is 22.7. The van der Waals surface area contributed by atoms with Crippen LogP contribution in [0.25, 0.3) is 45.0 Å². The van der Waals surface area contributed by atoms with Crippen molar-refractivity contribution in [1.82, 2.24) is 0 Å². The molecule has 4 aromatic carbocycles. The number of benzene rings is 4. The van der Waals surface area contributed by atoms with Crippen molar-refractivity contribution < 1.29 is 22.4 Å². The Labute approximate surface area is 557 Å². The summed E-state index contributed by atoms with van der Waals surface area (Å²) in [6, 6.07) is 37.8. The molecule has 4 nitrogen and oxygen atoms in total. The van der Waals surface area contributed by atoms with Gasteiger partial charge in [0.15, 0.2) is 24.8 Å². The summed E-state index contributed by atoms with van der Waals surface area (Å²) < 4.78 is 31.9. The fourth-order valence-electron chi connectivity index (χ4n) is 15.7. The Morgan fingerprint density at radius 2 is 0.582 bits per heavy atom. The van der Waals surface area contributed by atoms with Gasteiger partial charge in [-0.15, -0.1) is 0 Å². The summed E-state index contributed by atoms with van der Waals surface area (Å²) >= 11 is 0. The molecule has 12 rings (SSSR count). The van der Waals surface area contributed by atoms with Crippen molar-refractivity contribution in [3.05, 3.63) is 211 Å². The maximum absolute atomic E-state index is 7.64. The maximum atomic E-state index is 7.64. The average Bonchev–Trinajstić information content (AvgIpc) is 0.765. The van der Waals surface area contributed by atoms with Crippen LogP contribution in [0.3, 0.4) is 0 Å². The minimum Gasteiger partial charge on any atom is -0.201 e. The highest BCUT2D eigenvalue weighted by atomic mass is 14.9. The standard InChI is InChI=1S/3C22H30N.C21H28N/c1-15-8-9-20(23(7)14-15)17-13-19-18(12-16(17)2)21(3,4)10-11-22(19,5)6;2*1-15-8-9-17(16(2)12-15)20-13-18-19(14-23(20)7)22(5,6)11-10-21(18,3)4;1-15-13-17-18(21(4,5)11-10-20(17,2)3)14-16(15)19-9-7-8-12-22(19)6/h3*8-9,12-14H,10-11H2,1-7H3;7-9,12-14H,10-11H2,1-6H3/q4*+1/i;1D3;;. The van der Waals surface area contributed by atoms with Crippen LogP contribution in [0.2, 0.25) is 0 Å². The monoisotopic (exact) mass is 1220 g/mol. The predicted molar refractivity (Wildman–Crippen MR) is 387 cm³/mol. The summed E-state index contributed by atoms with van der Waals surface area (Å²) in [5.74, 6) is 0. The predicted octanol–water partition coefficient (Wildman–Crippen LogP) is 20.3. The highest BCUT2D eigenvalue weighted by Gasteiger charge is 2.43. The van der Waals surface area contributed by atoms with E-state index in [9.17, 15) is 0 Å². The van der Waals surface area contributed by atoms with E-state index < -0.39 is 6.85 Å². The van der Waals surface area contributed by atoms with Gasteiger partial charge in [0, 0.05) is 73.4 Å². The fraction of sp³-hybridized carbons (Fsp3) is 0.494. The van der Waals surface area contributed by atoms with E-state index >= 15 is 0 Å². The Morgan fingerprint density at radius 3 is 0.945 bits per heavy atom. The molecule has 0 bridgehead atoms. The second kappa shape index (κ2) is 24.7. The Hall–Kier alpha value is -6.52. The molecule has 0 atom stereocenters. The summed E-state index contributed by atoms with van der Waals surface area (Å²) in [6.07, 6.45) is 18.9. The van der Waals surface area contributed by atoms with Crippen molar-refractivity contribution in [3.63, 3.8) is 0 Å². The molecule has 4 heterocycles. The quantitative estimate of drug-likeness (QED) is 0.156. The number of rotatable bonds is 4. The number of nitrogens with zero attached hydrogens (tertiary/aromatic N) is 4. The summed E-state index contributed by atoms with van der Waals surface area (Å²) in [4.78, 5) is 0. The van der Waals surface area contributed by atoms with Crippen LogP contribution in [-0.2, 0) is 71.5 Å². The van der Waals surface area contributed by atoms with Crippen LogP contribution in [0.5, 0.6) is 0 Å². The van der Waals surface area contributed by atoms with Crippen LogP contribution in [0.1, 0.15) is 250 Å². The molecule has 0 fully saturated rings. The lowest BCUT2D eigenvalue weighted by molar-refractivity contribution is -0.661. The van der Waals surface area contributed by atoms with Gasteiger partial charge in [-0.2, -0.15) is 0 Å². The normalized spacial score (nSPS) is 19.3. The molecule has 0 aliphatic heterocycles. The Morgan fingerprint density at radius 1 is 0.275 bits per heavy atom. The first-order chi connectivity index (χ1) is 43.3. The van der Waals surface area contributed by atoms with Crippen molar-refractivity contribution >= 4 is 0 Å².